The number of nitrogens with two attached hydrogens (primary N) is 1. The van der Waals surface area contributed by atoms with Gasteiger partial charge in [0.2, 0.25) is 0 Å². The Hall–Kier alpha value is -3.18. The van der Waals surface area contributed by atoms with E-state index in [9.17, 15) is 9.18 Å². The minimum absolute atomic E-state index is 0.161. The van der Waals surface area contributed by atoms with E-state index < -0.39 is 0 Å². The van der Waals surface area contributed by atoms with Crippen molar-refractivity contribution in [1.29, 1.82) is 0 Å². The van der Waals surface area contributed by atoms with Crippen molar-refractivity contribution in [3.8, 4) is 5.75 Å². The number of halogens is 1. The number of carbonyl (C=O) groups is 1. The molecule has 3 aromatic carbocycles. The van der Waals surface area contributed by atoms with Crippen LogP contribution in [-0.2, 0) is 13.2 Å². The lowest BCUT2D eigenvalue weighted by Crippen LogP contribution is -2.33. The molecule has 0 fully saturated rings. The van der Waals surface area contributed by atoms with Crippen molar-refractivity contribution in [1.82, 2.24) is 4.90 Å². The Morgan fingerprint density at radius 1 is 0.931 bits per heavy atom. The number of rotatable bonds is 9. The number of ether oxygens (including phenoxy) is 1. The summed E-state index contributed by atoms with van der Waals surface area (Å²) in [4.78, 5) is 15.0. The van der Waals surface area contributed by atoms with Crippen molar-refractivity contribution in [2.75, 3.05) is 13.1 Å². The summed E-state index contributed by atoms with van der Waals surface area (Å²) in [5, 5.41) is 0. The number of hydrogen-bond acceptors (Lipinski definition) is 3. The number of amides is 1. The summed E-state index contributed by atoms with van der Waals surface area (Å²) in [5.41, 5.74) is 7.89. The summed E-state index contributed by atoms with van der Waals surface area (Å²) in [7, 11) is 0. The summed E-state index contributed by atoms with van der Waals surface area (Å²) in [6, 6.07) is 23.3. The van der Waals surface area contributed by atoms with Crippen molar-refractivity contribution < 1.29 is 13.9 Å². The fraction of sp³-hybridized carbons (Fsp3) is 0.208. The predicted octanol–water partition coefficient (Wildman–Crippen LogP) is 4.40. The molecule has 0 atom stereocenters. The predicted molar refractivity (Wildman–Crippen MR) is 112 cm³/mol. The first kappa shape index (κ1) is 20.6. The van der Waals surface area contributed by atoms with Crippen LogP contribution in [0.25, 0.3) is 0 Å². The van der Waals surface area contributed by atoms with E-state index in [4.69, 9.17) is 10.5 Å². The van der Waals surface area contributed by atoms with Gasteiger partial charge in [-0.25, -0.2) is 4.39 Å². The van der Waals surface area contributed by atoms with E-state index in [1.54, 1.807) is 23.1 Å². The van der Waals surface area contributed by atoms with Crippen molar-refractivity contribution in [3.05, 3.63) is 101 Å². The lowest BCUT2D eigenvalue weighted by Gasteiger charge is -2.24. The van der Waals surface area contributed by atoms with E-state index in [0.717, 1.165) is 11.1 Å². The molecule has 1 amide bonds. The Morgan fingerprint density at radius 2 is 1.66 bits per heavy atom. The molecule has 0 unspecified atom stereocenters. The molecule has 150 valence electrons. The molecule has 4 nitrogen and oxygen atoms in total. The minimum atomic E-state index is -0.319. The minimum Gasteiger partial charge on any atom is -0.488 e. The first-order valence-corrected chi connectivity index (χ1v) is 9.67. The molecule has 0 saturated carbocycles. The normalized spacial score (nSPS) is 10.6. The molecule has 0 saturated heterocycles. The molecule has 3 rings (SSSR count). The second kappa shape index (κ2) is 10.4. The van der Waals surface area contributed by atoms with Crippen LogP contribution in [0.5, 0.6) is 5.75 Å². The smallest absolute Gasteiger partial charge is 0.257 e. The number of carbonyl (C=O) groups excluding carboxylic acids is 1. The van der Waals surface area contributed by atoms with Gasteiger partial charge in [-0.05, 0) is 48.4 Å². The molecule has 0 aliphatic heterocycles. The largest absolute Gasteiger partial charge is 0.488 e. The maximum Gasteiger partial charge on any atom is 0.257 e. The van der Waals surface area contributed by atoms with E-state index >= 15 is 0 Å². The van der Waals surface area contributed by atoms with Crippen molar-refractivity contribution in [2.45, 2.75) is 19.6 Å². The van der Waals surface area contributed by atoms with E-state index in [1.807, 2.05) is 48.5 Å². The molecule has 0 aromatic heterocycles. The van der Waals surface area contributed by atoms with Crippen LogP contribution >= 0.6 is 0 Å². The van der Waals surface area contributed by atoms with Gasteiger partial charge in [0.1, 0.15) is 18.2 Å². The second-order valence-corrected chi connectivity index (χ2v) is 6.77. The van der Waals surface area contributed by atoms with Crippen molar-refractivity contribution in [3.63, 3.8) is 0 Å². The van der Waals surface area contributed by atoms with Gasteiger partial charge in [-0.2, -0.15) is 0 Å². The highest BCUT2D eigenvalue weighted by atomic mass is 19.1. The molecule has 0 aliphatic rings. The molecule has 29 heavy (non-hydrogen) atoms. The van der Waals surface area contributed by atoms with Gasteiger partial charge in [0.05, 0.1) is 5.56 Å². The Kier molecular flexibility index (Phi) is 7.36. The first-order chi connectivity index (χ1) is 14.2. The quantitative estimate of drug-likeness (QED) is 0.587. The number of hydrogen-bond donors (Lipinski definition) is 1. The average molecular weight is 392 g/mol. The van der Waals surface area contributed by atoms with Gasteiger partial charge in [0, 0.05) is 13.1 Å². The molecule has 0 aliphatic carbocycles. The molecular weight excluding hydrogens is 367 g/mol. The molecule has 3 aromatic rings. The Bertz CT molecular complexity index is 931. The maximum absolute atomic E-state index is 13.6. The van der Waals surface area contributed by atoms with Gasteiger partial charge < -0.3 is 15.4 Å². The fourth-order valence-corrected chi connectivity index (χ4v) is 3.07. The monoisotopic (exact) mass is 392 g/mol. The Balaban J connectivity index is 1.79. The van der Waals surface area contributed by atoms with E-state index in [2.05, 4.69) is 0 Å². The average Bonchev–Trinajstić information content (AvgIpc) is 2.75. The number of para-hydroxylation sites is 1. The second-order valence-electron chi connectivity index (χ2n) is 6.77. The van der Waals surface area contributed by atoms with Crippen molar-refractivity contribution in [2.24, 2.45) is 5.73 Å². The van der Waals surface area contributed by atoms with Crippen LogP contribution in [0.1, 0.15) is 27.9 Å². The molecule has 0 spiro atoms. The zero-order chi connectivity index (χ0) is 20.5. The van der Waals surface area contributed by atoms with Gasteiger partial charge in [-0.15, -0.1) is 0 Å². The van der Waals surface area contributed by atoms with Crippen LogP contribution in [0.15, 0.2) is 78.9 Å². The summed E-state index contributed by atoms with van der Waals surface area (Å²) in [5.74, 6) is 0.0463. The van der Waals surface area contributed by atoms with Gasteiger partial charge in [0.25, 0.3) is 5.91 Å². The molecule has 2 N–H and O–H groups in total. The lowest BCUT2D eigenvalue weighted by atomic mass is 10.1. The van der Waals surface area contributed by atoms with Crippen LogP contribution in [0.3, 0.4) is 0 Å². The number of benzene rings is 3. The van der Waals surface area contributed by atoms with E-state index in [0.29, 0.717) is 44.0 Å². The topological polar surface area (TPSA) is 55.6 Å². The molecule has 5 heteroatoms. The highest BCUT2D eigenvalue weighted by molar-refractivity contribution is 5.96. The van der Waals surface area contributed by atoms with Gasteiger partial charge in [0.15, 0.2) is 0 Å². The summed E-state index contributed by atoms with van der Waals surface area (Å²) in [6.07, 6.45) is 0.661. The number of nitrogens with zero attached hydrogens (tertiary/aromatic N) is 1. The van der Waals surface area contributed by atoms with Crippen LogP contribution in [-0.4, -0.2) is 23.9 Å². The molecule has 0 heterocycles. The first-order valence-electron chi connectivity index (χ1n) is 9.67. The Labute approximate surface area is 170 Å². The maximum atomic E-state index is 13.6. The third-order valence-electron chi connectivity index (χ3n) is 4.54. The molecule has 0 bridgehead atoms. The highest BCUT2D eigenvalue weighted by Gasteiger charge is 2.20. The fourth-order valence-electron chi connectivity index (χ4n) is 3.07. The van der Waals surface area contributed by atoms with E-state index in [1.165, 1.54) is 12.1 Å². The molecule has 0 radical (unpaired) electrons. The summed E-state index contributed by atoms with van der Waals surface area (Å²) < 4.78 is 19.5. The van der Waals surface area contributed by atoms with Gasteiger partial charge in [-0.1, -0.05) is 54.6 Å². The van der Waals surface area contributed by atoms with Crippen molar-refractivity contribution >= 4 is 5.91 Å². The standard InChI is InChI=1S/C24H25FN2O2/c25-21-11-6-10-20(16-21)17-27(15-7-14-26)24(28)22-12-4-5-13-23(22)29-18-19-8-2-1-3-9-19/h1-6,8-13,16H,7,14-15,17-18,26H2. The van der Waals surface area contributed by atoms with Crippen LogP contribution in [0.4, 0.5) is 4.39 Å². The van der Waals surface area contributed by atoms with Gasteiger partial charge in [-0.3, -0.25) is 4.79 Å². The third kappa shape index (κ3) is 5.90. The highest BCUT2D eigenvalue weighted by Crippen LogP contribution is 2.22. The van der Waals surface area contributed by atoms with Crippen LogP contribution in [0, 0.1) is 5.82 Å². The molecular formula is C24H25FN2O2. The Morgan fingerprint density at radius 3 is 2.41 bits per heavy atom. The zero-order valence-corrected chi connectivity index (χ0v) is 16.3. The SMILES string of the molecule is NCCCN(Cc1cccc(F)c1)C(=O)c1ccccc1OCc1ccccc1. The summed E-state index contributed by atoms with van der Waals surface area (Å²) >= 11 is 0. The van der Waals surface area contributed by atoms with Gasteiger partial charge >= 0.3 is 0 Å². The van der Waals surface area contributed by atoms with Crippen LogP contribution in [0.2, 0.25) is 0 Å². The lowest BCUT2D eigenvalue weighted by molar-refractivity contribution is 0.0737. The van der Waals surface area contributed by atoms with E-state index in [-0.39, 0.29) is 11.7 Å². The third-order valence-corrected chi connectivity index (χ3v) is 4.54. The summed E-state index contributed by atoms with van der Waals surface area (Å²) in [6.45, 7) is 1.64. The van der Waals surface area contributed by atoms with Crippen LogP contribution < -0.4 is 10.5 Å². The zero-order valence-electron chi connectivity index (χ0n) is 16.3.